The summed E-state index contributed by atoms with van der Waals surface area (Å²) >= 11 is 6.20. The van der Waals surface area contributed by atoms with Gasteiger partial charge in [0.15, 0.2) is 0 Å². The van der Waals surface area contributed by atoms with Crippen molar-refractivity contribution in [2.45, 2.75) is 0 Å². The highest BCUT2D eigenvalue weighted by Crippen LogP contribution is 2.31. The molecule has 3 rings (SSSR count). The van der Waals surface area contributed by atoms with Gasteiger partial charge in [0.05, 0.1) is 16.4 Å². The van der Waals surface area contributed by atoms with E-state index in [0.717, 1.165) is 17.0 Å². The fourth-order valence-corrected chi connectivity index (χ4v) is 2.09. The molecular formula is C15H10ClN3. The molecule has 3 aromatic heterocycles. The van der Waals surface area contributed by atoms with Crippen molar-refractivity contribution < 1.29 is 0 Å². The van der Waals surface area contributed by atoms with Gasteiger partial charge in [-0.25, -0.2) is 0 Å². The molecule has 3 nitrogen and oxygen atoms in total. The molecule has 92 valence electrons. The van der Waals surface area contributed by atoms with Crippen molar-refractivity contribution in [3.8, 4) is 22.6 Å². The van der Waals surface area contributed by atoms with E-state index in [-0.39, 0.29) is 0 Å². The van der Waals surface area contributed by atoms with Crippen LogP contribution in [0.2, 0.25) is 5.02 Å². The average Bonchev–Trinajstić information content (AvgIpc) is 2.49. The molecule has 0 radical (unpaired) electrons. The number of halogens is 1. The zero-order valence-corrected chi connectivity index (χ0v) is 10.7. The van der Waals surface area contributed by atoms with E-state index in [2.05, 4.69) is 15.0 Å². The highest BCUT2D eigenvalue weighted by atomic mass is 35.5. The summed E-state index contributed by atoms with van der Waals surface area (Å²) in [7, 11) is 0. The second kappa shape index (κ2) is 5.16. The summed E-state index contributed by atoms with van der Waals surface area (Å²) in [5, 5.41) is 0.582. The third kappa shape index (κ3) is 2.33. The van der Waals surface area contributed by atoms with Gasteiger partial charge >= 0.3 is 0 Å². The summed E-state index contributed by atoms with van der Waals surface area (Å²) in [6, 6.07) is 13.2. The van der Waals surface area contributed by atoms with Crippen LogP contribution in [0, 0.1) is 0 Å². The molecule has 0 aliphatic carbocycles. The number of hydrogen-bond donors (Lipinski definition) is 0. The van der Waals surface area contributed by atoms with E-state index < -0.39 is 0 Å². The van der Waals surface area contributed by atoms with Crippen LogP contribution in [0.15, 0.2) is 61.1 Å². The van der Waals surface area contributed by atoms with E-state index in [1.165, 1.54) is 0 Å². The Labute approximate surface area is 116 Å². The van der Waals surface area contributed by atoms with Gasteiger partial charge < -0.3 is 0 Å². The van der Waals surface area contributed by atoms with E-state index in [1.807, 2.05) is 30.3 Å². The zero-order valence-electron chi connectivity index (χ0n) is 9.99. The first kappa shape index (κ1) is 11.8. The normalized spacial score (nSPS) is 10.4. The van der Waals surface area contributed by atoms with Gasteiger partial charge in [0, 0.05) is 24.2 Å². The van der Waals surface area contributed by atoms with Gasteiger partial charge in [-0.05, 0) is 36.4 Å². The molecule has 0 fully saturated rings. The quantitative estimate of drug-likeness (QED) is 0.708. The Morgan fingerprint density at radius 3 is 2.16 bits per heavy atom. The predicted octanol–water partition coefficient (Wildman–Crippen LogP) is 3.86. The first-order valence-corrected chi connectivity index (χ1v) is 6.21. The number of hydrogen-bond acceptors (Lipinski definition) is 3. The lowest BCUT2D eigenvalue weighted by atomic mass is 10.1. The van der Waals surface area contributed by atoms with E-state index in [4.69, 9.17) is 11.6 Å². The molecule has 0 bridgehead atoms. The molecule has 0 saturated heterocycles. The van der Waals surface area contributed by atoms with Crippen molar-refractivity contribution in [2.24, 2.45) is 0 Å². The van der Waals surface area contributed by atoms with Crippen LogP contribution in [0.1, 0.15) is 0 Å². The molecule has 0 aliphatic heterocycles. The van der Waals surface area contributed by atoms with Gasteiger partial charge in [-0.15, -0.1) is 0 Å². The first-order chi connectivity index (χ1) is 9.36. The topological polar surface area (TPSA) is 38.7 Å². The Bertz CT molecular complexity index is 699. The van der Waals surface area contributed by atoms with Crippen molar-refractivity contribution in [1.29, 1.82) is 0 Å². The SMILES string of the molecule is Clc1cccnc1-c1ncccc1-c1ccccn1. The standard InChI is InChI=1S/C15H10ClN3/c16-12-6-4-10-19-15(12)14-11(5-3-9-18-14)13-7-1-2-8-17-13/h1-10H. The second-order valence-electron chi connectivity index (χ2n) is 3.95. The monoisotopic (exact) mass is 267 g/mol. The molecule has 0 spiro atoms. The van der Waals surface area contributed by atoms with Gasteiger partial charge in [-0.3, -0.25) is 15.0 Å². The lowest BCUT2D eigenvalue weighted by Gasteiger charge is -2.08. The number of pyridine rings is 3. The Hall–Kier alpha value is -2.26. The average molecular weight is 268 g/mol. The molecule has 0 N–H and O–H groups in total. The molecule has 0 aliphatic rings. The van der Waals surface area contributed by atoms with E-state index >= 15 is 0 Å². The van der Waals surface area contributed by atoms with Crippen molar-refractivity contribution in [3.63, 3.8) is 0 Å². The van der Waals surface area contributed by atoms with Gasteiger partial charge in [0.25, 0.3) is 0 Å². The molecular weight excluding hydrogens is 258 g/mol. The minimum Gasteiger partial charge on any atom is -0.256 e. The van der Waals surface area contributed by atoms with Crippen molar-refractivity contribution in [1.82, 2.24) is 15.0 Å². The number of nitrogens with zero attached hydrogens (tertiary/aromatic N) is 3. The van der Waals surface area contributed by atoms with Crippen LogP contribution in [-0.2, 0) is 0 Å². The highest BCUT2D eigenvalue weighted by Gasteiger charge is 2.12. The van der Waals surface area contributed by atoms with Crippen molar-refractivity contribution >= 4 is 11.6 Å². The first-order valence-electron chi connectivity index (χ1n) is 5.83. The maximum atomic E-state index is 6.20. The van der Waals surface area contributed by atoms with Gasteiger partial charge in [-0.1, -0.05) is 17.7 Å². The summed E-state index contributed by atoms with van der Waals surface area (Å²) in [4.78, 5) is 13.1. The van der Waals surface area contributed by atoms with Crippen molar-refractivity contribution in [2.75, 3.05) is 0 Å². The second-order valence-corrected chi connectivity index (χ2v) is 4.36. The lowest BCUT2D eigenvalue weighted by Crippen LogP contribution is -1.93. The summed E-state index contributed by atoms with van der Waals surface area (Å²) in [6.07, 6.45) is 5.19. The molecule has 19 heavy (non-hydrogen) atoms. The van der Waals surface area contributed by atoms with E-state index in [9.17, 15) is 0 Å². The van der Waals surface area contributed by atoms with Gasteiger partial charge in [-0.2, -0.15) is 0 Å². The largest absolute Gasteiger partial charge is 0.256 e. The molecule has 0 saturated carbocycles. The lowest BCUT2D eigenvalue weighted by molar-refractivity contribution is 1.23. The van der Waals surface area contributed by atoms with Crippen LogP contribution >= 0.6 is 11.6 Å². The Morgan fingerprint density at radius 2 is 1.42 bits per heavy atom. The van der Waals surface area contributed by atoms with E-state index in [1.54, 1.807) is 30.7 Å². The minimum atomic E-state index is 0.582. The molecule has 3 heterocycles. The fourth-order valence-electron chi connectivity index (χ4n) is 1.88. The van der Waals surface area contributed by atoms with Crippen LogP contribution in [-0.4, -0.2) is 15.0 Å². The summed E-state index contributed by atoms with van der Waals surface area (Å²) in [5.74, 6) is 0. The molecule has 3 aromatic rings. The zero-order chi connectivity index (χ0) is 13.1. The molecule has 0 amide bonds. The molecule has 4 heteroatoms. The Kier molecular flexibility index (Phi) is 3.21. The van der Waals surface area contributed by atoms with Gasteiger partial charge in [0.2, 0.25) is 0 Å². The third-order valence-corrected chi connectivity index (χ3v) is 3.04. The van der Waals surface area contributed by atoms with Crippen LogP contribution in [0.3, 0.4) is 0 Å². The summed E-state index contributed by atoms with van der Waals surface area (Å²) in [6.45, 7) is 0. The fraction of sp³-hybridized carbons (Fsp3) is 0. The van der Waals surface area contributed by atoms with Crippen LogP contribution < -0.4 is 0 Å². The maximum Gasteiger partial charge on any atom is 0.108 e. The summed E-state index contributed by atoms with van der Waals surface area (Å²) < 4.78 is 0. The minimum absolute atomic E-state index is 0.582. The van der Waals surface area contributed by atoms with E-state index in [0.29, 0.717) is 10.7 Å². The van der Waals surface area contributed by atoms with Crippen LogP contribution in [0.4, 0.5) is 0 Å². The molecule has 0 atom stereocenters. The Balaban J connectivity index is 2.21. The summed E-state index contributed by atoms with van der Waals surface area (Å²) in [5.41, 5.74) is 3.19. The van der Waals surface area contributed by atoms with Crippen LogP contribution in [0.5, 0.6) is 0 Å². The predicted molar refractivity (Wildman–Crippen MR) is 75.7 cm³/mol. The highest BCUT2D eigenvalue weighted by molar-refractivity contribution is 6.33. The molecule has 0 aromatic carbocycles. The number of rotatable bonds is 2. The number of aromatic nitrogens is 3. The maximum absolute atomic E-state index is 6.20. The van der Waals surface area contributed by atoms with Gasteiger partial charge in [0.1, 0.15) is 5.69 Å². The third-order valence-electron chi connectivity index (χ3n) is 2.73. The Morgan fingerprint density at radius 1 is 0.684 bits per heavy atom. The molecule has 0 unspecified atom stereocenters. The smallest absolute Gasteiger partial charge is 0.108 e. The van der Waals surface area contributed by atoms with Crippen LogP contribution in [0.25, 0.3) is 22.6 Å². The van der Waals surface area contributed by atoms with Crippen molar-refractivity contribution in [3.05, 3.63) is 66.1 Å².